The van der Waals surface area contributed by atoms with E-state index in [9.17, 15) is 22.0 Å². The molecule has 1 atom stereocenters. The van der Waals surface area contributed by atoms with Crippen LogP contribution in [-0.4, -0.2) is 21.6 Å². The molecule has 2 aliphatic rings. The molecule has 1 saturated carbocycles. The molecule has 1 nitrogen and oxygen atoms in total. The number of ether oxygens (including phenoxy) is 1. The highest BCUT2D eigenvalue weighted by Crippen LogP contribution is 2.44. The summed E-state index contributed by atoms with van der Waals surface area (Å²) in [4.78, 5) is 0. The van der Waals surface area contributed by atoms with Crippen molar-refractivity contribution >= 4 is 8.80 Å². The molecule has 30 heavy (non-hydrogen) atoms. The summed E-state index contributed by atoms with van der Waals surface area (Å²) in [7, 11) is -0.682. The summed E-state index contributed by atoms with van der Waals surface area (Å²) in [6.07, 6.45) is 7.51. The van der Waals surface area contributed by atoms with Crippen molar-refractivity contribution in [2.75, 3.05) is 0 Å². The summed E-state index contributed by atoms with van der Waals surface area (Å²) in [5, 5.41) is 0. The van der Waals surface area contributed by atoms with Gasteiger partial charge in [0, 0.05) is 8.80 Å². The first-order valence-corrected chi connectivity index (χ1v) is 13.9. The number of benzene rings is 1. The Bertz CT molecular complexity index is 645. The third-order valence-corrected chi connectivity index (χ3v) is 10.8. The lowest BCUT2D eigenvalue weighted by molar-refractivity contribution is -0.0546. The Morgan fingerprint density at radius 2 is 1.50 bits per heavy atom. The Kier molecular flexibility index (Phi) is 8.60. The molecule has 0 amide bonds. The van der Waals surface area contributed by atoms with Gasteiger partial charge in [0.25, 0.3) is 0 Å². The van der Waals surface area contributed by atoms with Gasteiger partial charge in [-0.1, -0.05) is 37.4 Å². The van der Waals surface area contributed by atoms with E-state index in [0.717, 1.165) is 50.2 Å². The minimum absolute atomic E-state index is 0.0688. The molecule has 0 N–H and O–H groups in total. The minimum Gasteiger partial charge on any atom is -0.429 e. The highest BCUT2D eigenvalue weighted by atomic mass is 28.3. The molecule has 1 aromatic carbocycles. The fourth-order valence-corrected chi connectivity index (χ4v) is 9.06. The minimum atomic E-state index is -3.25. The zero-order valence-corrected chi connectivity index (χ0v) is 18.8. The molecule has 1 saturated heterocycles. The molecular weight excluding hydrogens is 415 g/mol. The zero-order chi connectivity index (χ0) is 21.7. The highest BCUT2D eigenvalue weighted by molar-refractivity contribution is 6.58. The first-order chi connectivity index (χ1) is 14.3. The van der Waals surface area contributed by atoms with Gasteiger partial charge in [-0.2, -0.15) is 8.78 Å². The van der Waals surface area contributed by atoms with Crippen LogP contribution in [0, 0.1) is 23.5 Å². The largest absolute Gasteiger partial charge is 0.429 e. The third kappa shape index (κ3) is 6.44. The fourth-order valence-electron chi connectivity index (χ4n) is 5.58. The summed E-state index contributed by atoms with van der Waals surface area (Å²) >= 11 is 0. The van der Waals surface area contributed by atoms with Gasteiger partial charge in [0.15, 0.2) is 17.4 Å². The normalized spacial score (nSPS) is 28.5. The van der Waals surface area contributed by atoms with E-state index >= 15 is 0 Å². The fraction of sp³-hybridized carbons (Fsp3) is 0.739. The van der Waals surface area contributed by atoms with Crippen molar-refractivity contribution in [2.45, 2.75) is 95.1 Å². The summed E-state index contributed by atoms with van der Waals surface area (Å²) in [6.45, 7) is -1.61. The summed E-state index contributed by atoms with van der Waals surface area (Å²) in [5.41, 5.74) is 0.545. The van der Waals surface area contributed by atoms with Crippen LogP contribution in [-0.2, 0) is 0 Å². The molecular formula is C23H33F5OSi. The van der Waals surface area contributed by atoms with Gasteiger partial charge in [-0.25, -0.2) is 13.2 Å². The Balaban J connectivity index is 1.46. The Hall–Kier alpha value is -1.11. The maximum Gasteiger partial charge on any atom is 0.387 e. The van der Waals surface area contributed by atoms with Crippen LogP contribution in [0.2, 0.25) is 18.1 Å². The molecule has 1 heterocycles. The van der Waals surface area contributed by atoms with E-state index in [1.165, 1.54) is 31.0 Å². The molecule has 0 spiro atoms. The lowest BCUT2D eigenvalue weighted by atomic mass is 9.72. The van der Waals surface area contributed by atoms with Crippen molar-refractivity contribution < 1.29 is 26.7 Å². The van der Waals surface area contributed by atoms with Gasteiger partial charge < -0.3 is 4.74 Å². The van der Waals surface area contributed by atoms with Crippen LogP contribution >= 0.6 is 0 Å². The summed E-state index contributed by atoms with van der Waals surface area (Å²) in [6, 6.07) is 6.32. The van der Waals surface area contributed by atoms with E-state index in [1.54, 1.807) is 6.92 Å². The standard InChI is InChI=1S/C23H33F5OSi/c1-15(24)3-2-10-30-11-8-18(9-12-30)16-4-6-17(7-5-16)19-13-20(25)22(21(26)14-19)29-23(27)28/h13-18,23,30H,2-12H2,1H3/t15?,16?,17?,18-,30-. The van der Waals surface area contributed by atoms with Crippen molar-refractivity contribution in [3.05, 3.63) is 29.3 Å². The highest BCUT2D eigenvalue weighted by Gasteiger charge is 2.32. The van der Waals surface area contributed by atoms with Gasteiger partial charge in [0.2, 0.25) is 0 Å². The van der Waals surface area contributed by atoms with E-state index in [-0.39, 0.29) is 5.92 Å². The van der Waals surface area contributed by atoms with Crippen molar-refractivity contribution in [3.63, 3.8) is 0 Å². The molecule has 7 heteroatoms. The molecule has 0 bridgehead atoms. The van der Waals surface area contributed by atoms with Gasteiger partial charge in [-0.15, -0.1) is 0 Å². The van der Waals surface area contributed by atoms with Gasteiger partial charge in [-0.3, -0.25) is 0 Å². The zero-order valence-electron chi connectivity index (χ0n) is 17.7. The molecule has 1 aromatic rings. The topological polar surface area (TPSA) is 9.23 Å². The van der Waals surface area contributed by atoms with Crippen LogP contribution in [0.1, 0.15) is 69.8 Å². The first-order valence-electron chi connectivity index (χ1n) is 11.4. The summed E-state index contributed by atoms with van der Waals surface area (Å²) < 4.78 is 69.6. The van der Waals surface area contributed by atoms with Crippen LogP contribution in [0.5, 0.6) is 5.75 Å². The predicted octanol–water partition coefficient (Wildman–Crippen LogP) is 7.62. The third-order valence-electron chi connectivity index (χ3n) is 7.24. The van der Waals surface area contributed by atoms with Crippen molar-refractivity contribution in [1.82, 2.24) is 0 Å². The average Bonchev–Trinajstić information content (AvgIpc) is 2.71. The van der Waals surface area contributed by atoms with E-state index < -0.39 is 39.0 Å². The number of alkyl halides is 3. The molecule has 1 unspecified atom stereocenters. The molecule has 1 aliphatic carbocycles. The van der Waals surface area contributed by atoms with Crippen LogP contribution in [0.4, 0.5) is 22.0 Å². The maximum absolute atomic E-state index is 14.0. The maximum atomic E-state index is 14.0. The van der Waals surface area contributed by atoms with E-state index in [1.807, 2.05) is 0 Å². The Morgan fingerprint density at radius 3 is 2.03 bits per heavy atom. The van der Waals surface area contributed by atoms with Crippen LogP contribution in [0.25, 0.3) is 0 Å². The van der Waals surface area contributed by atoms with E-state index in [4.69, 9.17) is 0 Å². The van der Waals surface area contributed by atoms with Crippen LogP contribution in [0.3, 0.4) is 0 Å². The second-order valence-corrected chi connectivity index (χ2v) is 12.8. The van der Waals surface area contributed by atoms with Gasteiger partial charge >= 0.3 is 6.61 Å². The number of hydrogen-bond donors (Lipinski definition) is 0. The van der Waals surface area contributed by atoms with E-state index in [0.29, 0.717) is 17.9 Å². The Labute approximate surface area is 178 Å². The number of rotatable bonds is 8. The van der Waals surface area contributed by atoms with Gasteiger partial charge in [0.05, 0.1) is 6.17 Å². The predicted molar refractivity (Wildman–Crippen MR) is 112 cm³/mol. The molecule has 0 radical (unpaired) electrons. The molecule has 2 fully saturated rings. The van der Waals surface area contributed by atoms with Crippen LogP contribution < -0.4 is 4.74 Å². The average molecular weight is 449 g/mol. The molecule has 3 rings (SSSR count). The molecule has 0 aromatic heterocycles. The number of hydrogen-bond acceptors (Lipinski definition) is 1. The summed E-state index contributed by atoms with van der Waals surface area (Å²) in [5.74, 6) is -1.61. The van der Waals surface area contributed by atoms with E-state index in [2.05, 4.69) is 4.74 Å². The lowest BCUT2D eigenvalue weighted by Crippen LogP contribution is -2.28. The van der Waals surface area contributed by atoms with Crippen LogP contribution in [0.15, 0.2) is 12.1 Å². The van der Waals surface area contributed by atoms with Crippen molar-refractivity contribution in [2.24, 2.45) is 11.8 Å². The monoisotopic (exact) mass is 448 g/mol. The Morgan fingerprint density at radius 1 is 0.933 bits per heavy atom. The van der Waals surface area contributed by atoms with Crippen molar-refractivity contribution in [1.29, 1.82) is 0 Å². The second-order valence-electron chi connectivity index (χ2n) is 9.30. The van der Waals surface area contributed by atoms with Gasteiger partial charge in [-0.05, 0) is 74.5 Å². The van der Waals surface area contributed by atoms with Crippen molar-refractivity contribution in [3.8, 4) is 5.75 Å². The SMILES string of the molecule is CC(F)CCC[Si@H]1CC[C@H](C2CCC(c3cc(F)c(OC(F)F)c(F)c3)CC2)CC1. The van der Waals surface area contributed by atoms with Gasteiger partial charge in [0.1, 0.15) is 0 Å². The first kappa shape index (κ1) is 23.5. The molecule has 170 valence electrons. The smallest absolute Gasteiger partial charge is 0.387 e. The quantitative estimate of drug-likeness (QED) is 0.294. The number of halogens is 5. The molecule has 1 aliphatic heterocycles. The second kappa shape index (κ2) is 11.0. The lowest BCUT2D eigenvalue weighted by Gasteiger charge is -2.37.